The number of amides is 2. The summed E-state index contributed by atoms with van der Waals surface area (Å²) < 4.78 is 6.14. The zero-order chi connectivity index (χ0) is 20.1. The van der Waals surface area contributed by atoms with Gasteiger partial charge in [-0.05, 0) is 65.1 Å². The van der Waals surface area contributed by atoms with E-state index in [1.54, 1.807) is 54.6 Å². The molecule has 7 heteroatoms. The number of carbonyl (C=O) groups excluding carboxylic acids is 2. The maximum atomic E-state index is 13.0. The molecule has 0 spiro atoms. The number of hydrogen-bond acceptors (Lipinski definition) is 5. The highest BCUT2D eigenvalue weighted by molar-refractivity contribution is 14.1. The molecule has 3 aromatic carbocycles. The second-order valence-electron chi connectivity index (χ2n) is 6.48. The number of nitrogens with zero attached hydrogens (tertiary/aromatic N) is 2. The topological polar surface area (TPSA) is 80.5 Å². The van der Waals surface area contributed by atoms with Crippen LogP contribution in [-0.2, 0) is 0 Å². The molecule has 2 amide bonds. The molecule has 1 aliphatic rings. The molecule has 140 valence electrons. The van der Waals surface area contributed by atoms with E-state index in [4.69, 9.17) is 4.42 Å². The van der Waals surface area contributed by atoms with Crippen molar-refractivity contribution in [2.75, 3.05) is 4.90 Å². The number of halogens is 1. The van der Waals surface area contributed by atoms with E-state index in [0.717, 1.165) is 3.57 Å². The molecule has 5 rings (SSSR count). The van der Waals surface area contributed by atoms with Crippen molar-refractivity contribution in [3.05, 3.63) is 91.8 Å². The Kier molecular flexibility index (Phi) is 4.06. The summed E-state index contributed by atoms with van der Waals surface area (Å²) in [5, 5.41) is 0.383. The van der Waals surface area contributed by atoms with E-state index in [0.29, 0.717) is 27.7 Å². The molecule has 2 heterocycles. The molecule has 4 aromatic rings. The summed E-state index contributed by atoms with van der Waals surface area (Å²) in [5.41, 5.74) is 1.55. The number of anilines is 1. The van der Waals surface area contributed by atoms with Crippen LogP contribution in [0.15, 0.2) is 75.9 Å². The third-order valence-electron chi connectivity index (χ3n) is 4.76. The fourth-order valence-electron chi connectivity index (χ4n) is 3.37. The van der Waals surface area contributed by atoms with E-state index in [1.165, 1.54) is 4.90 Å². The van der Waals surface area contributed by atoms with Crippen LogP contribution in [0.5, 0.6) is 0 Å². The van der Waals surface area contributed by atoms with Gasteiger partial charge in [0, 0.05) is 9.13 Å². The number of para-hydroxylation sites is 2. The Bertz CT molecular complexity index is 1390. The average Bonchev–Trinajstić information content (AvgIpc) is 2.98. The summed E-state index contributed by atoms with van der Waals surface area (Å²) in [6.45, 7) is 0. The van der Waals surface area contributed by atoms with Crippen LogP contribution in [0.2, 0.25) is 0 Å². The molecule has 1 aliphatic heterocycles. The minimum Gasteiger partial charge on any atom is -0.403 e. The lowest BCUT2D eigenvalue weighted by Crippen LogP contribution is -2.30. The Labute approximate surface area is 177 Å². The zero-order valence-electron chi connectivity index (χ0n) is 14.8. The number of carbonyl (C=O) groups is 2. The fourth-order valence-corrected chi connectivity index (χ4v) is 4.00. The van der Waals surface area contributed by atoms with Crippen LogP contribution >= 0.6 is 22.6 Å². The van der Waals surface area contributed by atoms with Gasteiger partial charge in [-0.25, -0.2) is 14.7 Å². The number of aromatic nitrogens is 1. The van der Waals surface area contributed by atoms with Crippen molar-refractivity contribution in [1.82, 2.24) is 4.98 Å². The molecule has 29 heavy (non-hydrogen) atoms. The normalized spacial score (nSPS) is 13.2. The van der Waals surface area contributed by atoms with E-state index in [-0.39, 0.29) is 17.4 Å². The second kappa shape index (κ2) is 6.63. The summed E-state index contributed by atoms with van der Waals surface area (Å²) in [5.74, 6) is -0.697. The molecule has 0 radical (unpaired) electrons. The third-order valence-corrected chi connectivity index (χ3v) is 5.67. The highest BCUT2D eigenvalue weighted by Crippen LogP contribution is 2.33. The predicted molar refractivity (Wildman–Crippen MR) is 116 cm³/mol. The van der Waals surface area contributed by atoms with Crippen molar-refractivity contribution < 1.29 is 14.0 Å². The van der Waals surface area contributed by atoms with E-state index in [2.05, 4.69) is 27.6 Å². The van der Waals surface area contributed by atoms with Crippen LogP contribution < -0.4 is 10.5 Å². The number of benzene rings is 3. The number of hydrogen-bond donors (Lipinski definition) is 0. The largest absolute Gasteiger partial charge is 0.403 e. The van der Waals surface area contributed by atoms with Gasteiger partial charge in [-0.2, -0.15) is 0 Å². The lowest BCUT2D eigenvalue weighted by Gasteiger charge is -2.15. The van der Waals surface area contributed by atoms with E-state index >= 15 is 0 Å². The lowest BCUT2D eigenvalue weighted by molar-refractivity contribution is 0.0926. The first kappa shape index (κ1) is 17.7. The quantitative estimate of drug-likeness (QED) is 0.308. The molecule has 0 atom stereocenters. The zero-order valence-corrected chi connectivity index (χ0v) is 16.9. The predicted octanol–water partition coefficient (Wildman–Crippen LogP) is 4.26. The summed E-state index contributed by atoms with van der Waals surface area (Å²) in [7, 11) is 0. The number of rotatable bonds is 2. The minimum absolute atomic E-state index is 0.101. The first-order valence-corrected chi connectivity index (χ1v) is 9.80. The van der Waals surface area contributed by atoms with Gasteiger partial charge in [-0.3, -0.25) is 9.59 Å². The first-order chi connectivity index (χ1) is 14.0. The lowest BCUT2D eigenvalue weighted by atomic mass is 10.1. The molecular weight excluding hydrogens is 483 g/mol. The van der Waals surface area contributed by atoms with Crippen LogP contribution in [-0.4, -0.2) is 16.8 Å². The Balaban J connectivity index is 1.63. The van der Waals surface area contributed by atoms with Crippen molar-refractivity contribution in [3.8, 4) is 11.5 Å². The monoisotopic (exact) mass is 494 g/mol. The van der Waals surface area contributed by atoms with Crippen molar-refractivity contribution in [1.29, 1.82) is 0 Å². The average molecular weight is 494 g/mol. The van der Waals surface area contributed by atoms with Gasteiger partial charge >= 0.3 is 5.63 Å². The molecule has 0 fully saturated rings. The molecule has 0 bridgehead atoms. The fraction of sp³-hybridized carbons (Fsp3) is 0. The van der Waals surface area contributed by atoms with Gasteiger partial charge in [0.05, 0.1) is 27.7 Å². The molecule has 0 unspecified atom stereocenters. The molecule has 0 saturated carbocycles. The van der Waals surface area contributed by atoms with Gasteiger partial charge in [0.2, 0.25) is 5.89 Å². The molecule has 0 aliphatic carbocycles. The van der Waals surface area contributed by atoms with Crippen LogP contribution in [0.25, 0.3) is 22.4 Å². The standard InChI is InChI=1S/C22H11IN2O4/c23-16-6-2-4-8-18(16)25-20(26)13-10-9-12(11-15(13)21(25)27)19-24-17-7-3-1-5-14(17)22(28)29-19/h1-11H. The Morgan fingerprint density at radius 2 is 1.55 bits per heavy atom. The van der Waals surface area contributed by atoms with Crippen LogP contribution in [0, 0.1) is 3.57 Å². The second-order valence-corrected chi connectivity index (χ2v) is 7.64. The maximum Gasteiger partial charge on any atom is 0.347 e. The van der Waals surface area contributed by atoms with Crippen LogP contribution in [0.4, 0.5) is 5.69 Å². The Morgan fingerprint density at radius 1 is 0.828 bits per heavy atom. The van der Waals surface area contributed by atoms with Gasteiger partial charge in [0.1, 0.15) is 0 Å². The van der Waals surface area contributed by atoms with Crippen molar-refractivity contribution in [3.63, 3.8) is 0 Å². The van der Waals surface area contributed by atoms with Gasteiger partial charge in [0.15, 0.2) is 0 Å². The Hall–Kier alpha value is -3.33. The van der Waals surface area contributed by atoms with Gasteiger partial charge in [-0.15, -0.1) is 0 Å². The minimum atomic E-state index is -0.506. The SMILES string of the molecule is O=C1c2ccc(-c3nc4ccccc4c(=O)o3)cc2C(=O)N1c1ccccc1I. The third kappa shape index (κ3) is 2.77. The smallest absolute Gasteiger partial charge is 0.347 e. The van der Waals surface area contributed by atoms with Crippen LogP contribution in [0.1, 0.15) is 20.7 Å². The van der Waals surface area contributed by atoms with Crippen molar-refractivity contribution in [2.45, 2.75) is 0 Å². The van der Waals surface area contributed by atoms with Crippen LogP contribution in [0.3, 0.4) is 0 Å². The van der Waals surface area contributed by atoms with E-state index in [1.807, 2.05) is 12.1 Å². The highest BCUT2D eigenvalue weighted by atomic mass is 127. The van der Waals surface area contributed by atoms with E-state index < -0.39 is 11.5 Å². The summed E-state index contributed by atoms with van der Waals surface area (Å²) in [6, 6.07) is 18.8. The Morgan fingerprint density at radius 3 is 2.38 bits per heavy atom. The highest BCUT2D eigenvalue weighted by Gasteiger charge is 2.37. The molecular formula is C22H11IN2O4. The van der Waals surface area contributed by atoms with Gasteiger partial charge < -0.3 is 4.42 Å². The molecule has 0 saturated heterocycles. The number of fused-ring (bicyclic) bond motifs is 2. The van der Waals surface area contributed by atoms with Crippen molar-refractivity contribution >= 4 is 51.0 Å². The molecule has 1 aromatic heterocycles. The summed E-state index contributed by atoms with van der Waals surface area (Å²) >= 11 is 2.09. The van der Waals surface area contributed by atoms with E-state index in [9.17, 15) is 14.4 Å². The maximum absolute atomic E-state index is 13.0. The number of imide groups is 1. The van der Waals surface area contributed by atoms with Gasteiger partial charge in [-0.1, -0.05) is 24.3 Å². The molecule has 6 nitrogen and oxygen atoms in total. The van der Waals surface area contributed by atoms with Crippen molar-refractivity contribution in [2.24, 2.45) is 0 Å². The molecule has 0 N–H and O–H groups in total. The summed E-state index contributed by atoms with van der Waals surface area (Å²) in [4.78, 5) is 43.7. The van der Waals surface area contributed by atoms with Gasteiger partial charge in [0.25, 0.3) is 11.8 Å². The first-order valence-electron chi connectivity index (χ1n) is 8.72. The summed E-state index contributed by atoms with van der Waals surface area (Å²) in [6.07, 6.45) is 0.